The highest BCUT2D eigenvalue weighted by atomic mass is 32.8. The molecule has 2 aliphatic heterocycles. The zero-order valence-electron chi connectivity index (χ0n) is 30.8. The van der Waals surface area contributed by atoms with Gasteiger partial charge in [-0.15, -0.1) is 9.45 Å². The van der Waals surface area contributed by atoms with Crippen LogP contribution in [0.1, 0.15) is 66.1 Å². The largest absolute Gasteiger partial charge is 0.493 e. The van der Waals surface area contributed by atoms with Crippen LogP contribution in [0.2, 0.25) is 0 Å². The number of carbonyl (C=O) groups is 4. The number of methoxy groups -OCH3 is 1. The van der Waals surface area contributed by atoms with Crippen LogP contribution in [0.15, 0.2) is 71.9 Å². The molecule has 2 aliphatic rings. The summed E-state index contributed by atoms with van der Waals surface area (Å²) in [7, 11) is 2.95. The molecule has 0 spiro atoms. The number of para-hydroxylation sites is 1. The molecule has 2 atom stereocenters. The van der Waals surface area contributed by atoms with Gasteiger partial charge in [0.1, 0.15) is 0 Å². The first-order valence-electron chi connectivity index (χ1n) is 17.5. The zero-order chi connectivity index (χ0) is 38.6. The van der Waals surface area contributed by atoms with Gasteiger partial charge in [-0.3, -0.25) is 29.1 Å². The number of carbonyl (C=O) groups excluding carboxylic acids is 4. The summed E-state index contributed by atoms with van der Waals surface area (Å²) in [4.78, 5) is 62.6. The van der Waals surface area contributed by atoms with E-state index in [1.807, 2.05) is 30.5 Å². The number of hydrogen-bond donors (Lipinski definition) is 3. The van der Waals surface area contributed by atoms with Crippen LogP contribution in [-0.4, -0.2) is 70.2 Å². The van der Waals surface area contributed by atoms with Gasteiger partial charge in [-0.1, -0.05) is 43.2 Å². The van der Waals surface area contributed by atoms with Crippen LogP contribution >= 0.6 is 0 Å². The topological polar surface area (TPSA) is 156 Å². The highest BCUT2D eigenvalue weighted by Crippen LogP contribution is 2.41. The summed E-state index contributed by atoms with van der Waals surface area (Å²) < 4.78 is 13.0. The minimum Gasteiger partial charge on any atom is -0.493 e. The lowest BCUT2D eigenvalue weighted by molar-refractivity contribution is -0.117. The second kappa shape index (κ2) is 16.3. The number of aryl methyl sites for hydroxylation is 1. The fraction of sp³-hybridized carbons (Fsp3) is 0.333. The van der Waals surface area contributed by atoms with Crippen molar-refractivity contribution in [2.24, 2.45) is 12.0 Å². The molecule has 0 fully saturated rings. The van der Waals surface area contributed by atoms with Gasteiger partial charge in [0, 0.05) is 66.6 Å². The first-order valence-corrected chi connectivity index (χ1v) is 20.1. The summed E-state index contributed by atoms with van der Waals surface area (Å²) in [5.74, 6) is 0.140. The lowest BCUT2D eigenvalue weighted by Crippen LogP contribution is -2.37. The van der Waals surface area contributed by atoms with Gasteiger partial charge in [0.05, 0.1) is 31.0 Å². The zero-order valence-corrected chi connectivity index (χ0v) is 32.4. The van der Waals surface area contributed by atoms with Crippen LogP contribution in [0, 0.1) is 0 Å². The Morgan fingerprint density at radius 2 is 1.69 bits per heavy atom. The summed E-state index contributed by atoms with van der Waals surface area (Å²) >= 11 is 5.40. The Labute approximate surface area is 321 Å². The molecular formula is C39H43N7O6S2. The maximum absolute atomic E-state index is 13.6. The molecule has 6 rings (SSSR count). The standard InChI is InChI=1S/C39H43N7O6S2/c1-39(2,54(5)53)17-16-35(48)41-25-12-14-26(15-13-25)42-37(49)36-44-33(23-45(36)3)43-34(47)11-8-18-52-32-21-29-28(20-31(32)51-4)38(50)46-27(22-40-29)19-24-9-6-7-10-30(24)46/h6-7,9-10,12-15,20-23,27H,8,11,16-19H2,1-5H3,(H,41,48)(H,42,49)(H,43,47)/t27-,54?/m0/s1. The summed E-state index contributed by atoms with van der Waals surface area (Å²) in [5.41, 5.74) is 4.04. The average Bonchev–Trinajstić information content (AvgIpc) is 3.67. The highest BCUT2D eigenvalue weighted by Gasteiger charge is 2.36. The third kappa shape index (κ3) is 8.69. The summed E-state index contributed by atoms with van der Waals surface area (Å²) in [5, 5.41) is 8.41. The van der Waals surface area contributed by atoms with Gasteiger partial charge in [-0.25, -0.2) is 4.98 Å². The van der Waals surface area contributed by atoms with Gasteiger partial charge in [0.2, 0.25) is 17.6 Å². The molecule has 3 N–H and O–H groups in total. The Balaban J connectivity index is 0.976. The maximum atomic E-state index is 13.6. The van der Waals surface area contributed by atoms with E-state index in [1.54, 1.807) is 60.8 Å². The van der Waals surface area contributed by atoms with Gasteiger partial charge in [0.25, 0.3) is 11.8 Å². The first kappa shape index (κ1) is 38.3. The number of anilines is 4. The van der Waals surface area contributed by atoms with Crippen LogP contribution in [-0.2, 0) is 43.7 Å². The van der Waals surface area contributed by atoms with E-state index in [-0.39, 0.29) is 62.6 Å². The summed E-state index contributed by atoms with van der Waals surface area (Å²) in [6.45, 7) is 4.35. The van der Waals surface area contributed by atoms with Gasteiger partial charge < -0.3 is 30.0 Å². The predicted octanol–water partition coefficient (Wildman–Crippen LogP) is 5.97. The molecule has 4 aromatic rings. The van der Waals surface area contributed by atoms with Crippen molar-refractivity contribution in [2.45, 2.75) is 56.7 Å². The third-order valence-corrected chi connectivity index (χ3v) is 12.6. The highest BCUT2D eigenvalue weighted by molar-refractivity contribution is 8.29. The smallest absolute Gasteiger partial charge is 0.291 e. The summed E-state index contributed by atoms with van der Waals surface area (Å²) in [6, 6.07) is 17.8. The Hall–Kier alpha value is -5.41. The lowest BCUT2D eigenvalue weighted by Gasteiger charge is -2.23. The van der Waals surface area contributed by atoms with Crippen LogP contribution < -0.4 is 30.3 Å². The van der Waals surface area contributed by atoms with E-state index in [0.717, 1.165) is 11.3 Å². The maximum Gasteiger partial charge on any atom is 0.291 e. The number of nitrogens with zero attached hydrogens (tertiary/aromatic N) is 4. The Bertz CT molecular complexity index is 2150. The quantitative estimate of drug-likeness (QED) is 0.133. The number of hydrogen-bond acceptors (Lipinski definition) is 9. The average molecular weight is 770 g/mol. The second-order valence-corrected chi connectivity index (χ2v) is 17.2. The van der Waals surface area contributed by atoms with Crippen molar-refractivity contribution in [3.63, 3.8) is 0 Å². The van der Waals surface area contributed by atoms with Gasteiger partial charge >= 0.3 is 0 Å². The molecule has 54 heavy (non-hydrogen) atoms. The minimum atomic E-state index is -0.463. The van der Waals surface area contributed by atoms with E-state index >= 15 is 0 Å². The Kier molecular flexibility index (Phi) is 11.6. The molecule has 0 radical (unpaired) electrons. The van der Waals surface area contributed by atoms with Crippen molar-refractivity contribution < 1.29 is 28.7 Å². The first-order chi connectivity index (χ1) is 25.8. The van der Waals surface area contributed by atoms with Crippen molar-refractivity contribution in [3.05, 3.63) is 83.8 Å². The molecule has 0 saturated heterocycles. The van der Waals surface area contributed by atoms with E-state index < -0.39 is 5.91 Å². The Morgan fingerprint density at radius 3 is 2.41 bits per heavy atom. The molecule has 3 heterocycles. The van der Waals surface area contributed by atoms with Gasteiger partial charge in [-0.2, -0.15) is 0 Å². The fourth-order valence-corrected chi connectivity index (χ4v) is 6.79. The molecule has 3 aromatic carbocycles. The molecule has 0 bridgehead atoms. The number of amides is 4. The Morgan fingerprint density at radius 1 is 0.981 bits per heavy atom. The number of nitrogens with one attached hydrogen (secondary N) is 3. The second-order valence-electron chi connectivity index (χ2n) is 13.7. The fourth-order valence-electron chi connectivity index (χ4n) is 6.15. The number of aliphatic imine (C=N–C) groups is 1. The van der Waals surface area contributed by atoms with Gasteiger partial charge in [-0.05, 0) is 61.1 Å². The molecule has 15 heteroatoms. The van der Waals surface area contributed by atoms with E-state index in [2.05, 4.69) is 39.8 Å². The van der Waals surface area contributed by atoms with Crippen molar-refractivity contribution in [1.29, 1.82) is 0 Å². The number of fused-ring (bicyclic) bond motifs is 4. The van der Waals surface area contributed by atoms with Crippen LogP contribution in [0.3, 0.4) is 0 Å². The number of ether oxygens (including phenoxy) is 2. The van der Waals surface area contributed by atoms with E-state index in [0.29, 0.717) is 59.8 Å². The third-order valence-electron chi connectivity index (χ3n) is 9.44. The molecule has 13 nitrogen and oxygen atoms in total. The normalized spacial score (nSPS) is 15.0. The van der Waals surface area contributed by atoms with Crippen molar-refractivity contribution >= 4 is 79.1 Å². The predicted molar refractivity (Wildman–Crippen MR) is 215 cm³/mol. The van der Waals surface area contributed by atoms with E-state index in [1.165, 1.54) is 11.7 Å². The van der Waals surface area contributed by atoms with Crippen LogP contribution in [0.25, 0.3) is 0 Å². The number of rotatable bonds is 14. The van der Waals surface area contributed by atoms with Crippen molar-refractivity contribution in [1.82, 2.24) is 9.55 Å². The van der Waals surface area contributed by atoms with Crippen molar-refractivity contribution in [2.75, 3.05) is 40.8 Å². The molecule has 4 amide bonds. The lowest BCUT2D eigenvalue weighted by atomic mass is 10.1. The minimum absolute atomic E-state index is 0.0869. The molecular weight excluding hydrogens is 727 g/mol. The van der Waals surface area contributed by atoms with Crippen LogP contribution in [0.5, 0.6) is 11.5 Å². The number of aromatic nitrogens is 2. The molecule has 1 aromatic heterocycles. The van der Waals surface area contributed by atoms with E-state index in [9.17, 15) is 19.2 Å². The number of imidazole rings is 1. The summed E-state index contributed by atoms with van der Waals surface area (Å²) in [6.07, 6.45) is 7.62. The molecule has 1 unspecified atom stereocenters. The van der Waals surface area contributed by atoms with E-state index in [4.69, 9.17) is 20.7 Å². The molecule has 0 aliphatic carbocycles. The monoisotopic (exact) mass is 769 g/mol. The van der Waals surface area contributed by atoms with Gasteiger partial charge in [0.15, 0.2) is 17.3 Å². The van der Waals surface area contributed by atoms with Crippen molar-refractivity contribution in [3.8, 4) is 11.5 Å². The molecule has 0 saturated carbocycles. The SMILES string of the molecule is COc1cc2c(cc1OCCCC(=O)Nc1cn(C)c(C(=O)Nc3ccc(NC(=O)CCC(C)(C)S(C)=S)cc3)n1)N=C[C@@H]1Cc3ccccc3N1C2=O. The van der Waals surface area contributed by atoms with Crippen LogP contribution in [0.4, 0.5) is 28.6 Å². The number of benzene rings is 3. The molecule has 282 valence electrons.